The summed E-state index contributed by atoms with van der Waals surface area (Å²) in [5.41, 5.74) is 4.58. The lowest BCUT2D eigenvalue weighted by atomic mass is 9.96. The standard InChI is InChI=1S/C18H23BrN4S/c1-3-20-17(21-10-16-13(2)23-12-24-16)22-11-18(8-9-18)14-6-4-5-7-15(14)19/h4-7,12H,3,8-11H2,1-2H3,(H2,20,21,22). The van der Waals surface area contributed by atoms with E-state index in [9.17, 15) is 0 Å². The third kappa shape index (κ3) is 3.98. The predicted molar refractivity (Wildman–Crippen MR) is 105 cm³/mol. The van der Waals surface area contributed by atoms with E-state index >= 15 is 0 Å². The smallest absolute Gasteiger partial charge is 0.191 e. The number of nitrogens with zero attached hydrogens (tertiary/aromatic N) is 2. The Bertz CT molecular complexity index is 721. The van der Waals surface area contributed by atoms with Gasteiger partial charge in [-0.15, -0.1) is 11.3 Å². The molecule has 1 saturated carbocycles. The van der Waals surface area contributed by atoms with Crippen molar-refractivity contribution in [2.24, 2.45) is 4.99 Å². The molecule has 0 aliphatic heterocycles. The lowest BCUT2D eigenvalue weighted by Crippen LogP contribution is -2.41. The number of halogens is 1. The first-order valence-electron chi connectivity index (χ1n) is 8.31. The van der Waals surface area contributed by atoms with Gasteiger partial charge >= 0.3 is 0 Å². The molecule has 1 aromatic carbocycles. The maximum atomic E-state index is 4.72. The molecule has 1 aliphatic rings. The van der Waals surface area contributed by atoms with Crippen LogP contribution in [0.4, 0.5) is 0 Å². The molecule has 6 heteroatoms. The molecule has 4 nitrogen and oxygen atoms in total. The minimum absolute atomic E-state index is 0.233. The summed E-state index contributed by atoms with van der Waals surface area (Å²) in [5, 5.41) is 6.88. The molecule has 1 aromatic heterocycles. The van der Waals surface area contributed by atoms with E-state index in [4.69, 9.17) is 4.99 Å². The average molecular weight is 407 g/mol. The average Bonchev–Trinajstić information content (AvgIpc) is 3.26. The highest BCUT2D eigenvalue weighted by Gasteiger charge is 2.45. The lowest BCUT2D eigenvalue weighted by molar-refractivity contribution is 0.643. The van der Waals surface area contributed by atoms with Crippen LogP contribution in [0.1, 0.15) is 35.9 Å². The Labute approximate surface area is 155 Å². The van der Waals surface area contributed by atoms with Gasteiger partial charge in [0.25, 0.3) is 0 Å². The van der Waals surface area contributed by atoms with Crippen molar-refractivity contribution in [1.29, 1.82) is 0 Å². The first kappa shape index (κ1) is 17.4. The minimum Gasteiger partial charge on any atom is -0.357 e. The van der Waals surface area contributed by atoms with Crippen molar-refractivity contribution >= 4 is 33.2 Å². The maximum Gasteiger partial charge on any atom is 0.191 e. The van der Waals surface area contributed by atoms with Crippen LogP contribution >= 0.6 is 27.3 Å². The Morgan fingerprint density at radius 3 is 2.75 bits per heavy atom. The van der Waals surface area contributed by atoms with Crippen LogP contribution in [0.15, 0.2) is 39.2 Å². The normalized spacial score (nSPS) is 16.0. The molecular weight excluding hydrogens is 384 g/mol. The van der Waals surface area contributed by atoms with Crippen LogP contribution in [0.25, 0.3) is 0 Å². The molecule has 1 heterocycles. The zero-order valence-electron chi connectivity index (χ0n) is 14.1. The quantitative estimate of drug-likeness (QED) is 0.562. The molecule has 1 fully saturated rings. The highest BCUT2D eigenvalue weighted by molar-refractivity contribution is 9.10. The fourth-order valence-electron chi connectivity index (χ4n) is 2.81. The maximum absolute atomic E-state index is 4.72. The second-order valence-electron chi connectivity index (χ2n) is 6.17. The molecule has 24 heavy (non-hydrogen) atoms. The molecule has 0 saturated heterocycles. The highest BCUT2D eigenvalue weighted by atomic mass is 79.9. The summed E-state index contributed by atoms with van der Waals surface area (Å²) in [5.74, 6) is 0.878. The van der Waals surface area contributed by atoms with Crippen LogP contribution in [0.3, 0.4) is 0 Å². The molecule has 2 N–H and O–H groups in total. The van der Waals surface area contributed by atoms with Crippen LogP contribution in [0.2, 0.25) is 0 Å². The van der Waals surface area contributed by atoms with Gasteiger partial charge in [-0.25, -0.2) is 9.98 Å². The van der Waals surface area contributed by atoms with Crippen LogP contribution in [-0.4, -0.2) is 24.0 Å². The second kappa shape index (κ2) is 7.66. The zero-order valence-corrected chi connectivity index (χ0v) is 16.5. The highest BCUT2D eigenvalue weighted by Crippen LogP contribution is 2.49. The molecule has 3 rings (SSSR count). The van der Waals surface area contributed by atoms with E-state index < -0.39 is 0 Å². The van der Waals surface area contributed by atoms with Gasteiger partial charge in [0.1, 0.15) is 0 Å². The van der Waals surface area contributed by atoms with Crippen molar-refractivity contribution in [3.05, 3.63) is 50.4 Å². The first-order chi connectivity index (χ1) is 11.6. The number of hydrogen-bond acceptors (Lipinski definition) is 3. The van der Waals surface area contributed by atoms with Gasteiger partial charge in [-0.2, -0.15) is 0 Å². The summed E-state index contributed by atoms with van der Waals surface area (Å²) in [6.45, 7) is 6.57. The van der Waals surface area contributed by atoms with E-state index in [2.05, 4.69) is 62.7 Å². The molecular formula is C18H23BrN4S. The largest absolute Gasteiger partial charge is 0.357 e. The summed E-state index contributed by atoms with van der Waals surface area (Å²) < 4.78 is 1.20. The van der Waals surface area contributed by atoms with Gasteiger partial charge in [-0.3, -0.25) is 0 Å². The third-order valence-corrected chi connectivity index (χ3v) is 6.07. The lowest BCUT2D eigenvalue weighted by Gasteiger charge is -2.20. The number of nitrogens with one attached hydrogen (secondary N) is 2. The molecule has 2 aromatic rings. The fourth-order valence-corrected chi connectivity index (χ4v) is 4.21. The van der Waals surface area contributed by atoms with E-state index in [1.54, 1.807) is 11.3 Å². The van der Waals surface area contributed by atoms with Crippen LogP contribution < -0.4 is 10.6 Å². The van der Waals surface area contributed by atoms with Crippen molar-refractivity contribution in [1.82, 2.24) is 15.6 Å². The van der Waals surface area contributed by atoms with Crippen LogP contribution in [0.5, 0.6) is 0 Å². The predicted octanol–water partition coefficient (Wildman–Crippen LogP) is 4.00. The molecule has 1 aliphatic carbocycles. The van der Waals surface area contributed by atoms with E-state index in [1.807, 2.05) is 12.4 Å². The van der Waals surface area contributed by atoms with Crippen molar-refractivity contribution in [3.63, 3.8) is 0 Å². The molecule has 0 unspecified atom stereocenters. The summed E-state index contributed by atoms with van der Waals surface area (Å²) >= 11 is 5.36. The van der Waals surface area contributed by atoms with Gasteiger partial charge in [0.15, 0.2) is 5.96 Å². The molecule has 0 radical (unpaired) electrons. The SMILES string of the molecule is CCNC(=NCc1scnc1C)NCC1(c2ccccc2Br)CC1. The van der Waals surface area contributed by atoms with Gasteiger partial charge in [0.2, 0.25) is 0 Å². The van der Waals surface area contributed by atoms with E-state index in [0.29, 0.717) is 6.54 Å². The zero-order chi connectivity index (χ0) is 17.0. The number of aromatic nitrogens is 1. The van der Waals surface area contributed by atoms with Crippen molar-refractivity contribution < 1.29 is 0 Å². The molecule has 128 valence electrons. The van der Waals surface area contributed by atoms with Crippen molar-refractivity contribution in [3.8, 4) is 0 Å². The van der Waals surface area contributed by atoms with Gasteiger partial charge in [0.05, 0.1) is 17.7 Å². The van der Waals surface area contributed by atoms with E-state index in [0.717, 1.165) is 24.7 Å². The number of guanidine groups is 1. The summed E-state index contributed by atoms with van der Waals surface area (Å²) in [7, 11) is 0. The van der Waals surface area contributed by atoms with Crippen LogP contribution in [0, 0.1) is 6.92 Å². The molecule has 0 amide bonds. The first-order valence-corrected chi connectivity index (χ1v) is 9.98. The Morgan fingerprint density at radius 2 is 2.12 bits per heavy atom. The third-order valence-electron chi connectivity index (χ3n) is 4.46. The van der Waals surface area contributed by atoms with E-state index in [-0.39, 0.29) is 5.41 Å². The number of thiazole rings is 1. The fraction of sp³-hybridized carbons (Fsp3) is 0.444. The van der Waals surface area contributed by atoms with Gasteiger partial charge in [-0.05, 0) is 38.3 Å². The number of rotatable bonds is 6. The minimum atomic E-state index is 0.233. The van der Waals surface area contributed by atoms with Crippen molar-refractivity contribution in [2.75, 3.05) is 13.1 Å². The number of aryl methyl sites for hydroxylation is 1. The Hall–Kier alpha value is -1.40. The van der Waals surface area contributed by atoms with Gasteiger partial charge < -0.3 is 10.6 Å². The Kier molecular flexibility index (Phi) is 5.56. The number of hydrogen-bond donors (Lipinski definition) is 2. The molecule has 0 bridgehead atoms. The Balaban J connectivity index is 1.66. The second-order valence-corrected chi connectivity index (χ2v) is 7.96. The Morgan fingerprint density at radius 1 is 1.33 bits per heavy atom. The molecule has 0 spiro atoms. The summed E-state index contributed by atoms with van der Waals surface area (Å²) in [6, 6.07) is 8.54. The van der Waals surface area contributed by atoms with Crippen molar-refractivity contribution in [2.45, 2.75) is 38.6 Å². The van der Waals surface area contributed by atoms with Gasteiger partial charge in [0, 0.05) is 27.9 Å². The topological polar surface area (TPSA) is 49.3 Å². The van der Waals surface area contributed by atoms with Crippen LogP contribution in [-0.2, 0) is 12.0 Å². The summed E-state index contributed by atoms with van der Waals surface area (Å²) in [4.78, 5) is 10.2. The number of aliphatic imine (C=N–C) groups is 1. The summed E-state index contributed by atoms with van der Waals surface area (Å²) in [6.07, 6.45) is 2.44. The monoisotopic (exact) mass is 406 g/mol. The molecule has 0 atom stereocenters. The van der Waals surface area contributed by atoms with E-state index in [1.165, 1.54) is 27.8 Å². The number of benzene rings is 1. The van der Waals surface area contributed by atoms with Gasteiger partial charge in [-0.1, -0.05) is 34.1 Å².